The molecule has 0 spiro atoms. The first kappa shape index (κ1) is 27.0. The van der Waals surface area contributed by atoms with Gasteiger partial charge in [0.25, 0.3) is 0 Å². The molecule has 0 aliphatic heterocycles. The summed E-state index contributed by atoms with van der Waals surface area (Å²) in [6.07, 6.45) is 5.53. The second kappa shape index (κ2) is 12.0. The largest absolute Gasteiger partial charge is 0.394 e. The van der Waals surface area contributed by atoms with Gasteiger partial charge in [-0.05, 0) is 41.2 Å². The molecular weight excluding hydrogens is 478 g/mol. The molecule has 4 aromatic rings. The number of carbonyl (C=O) groups is 1. The van der Waals surface area contributed by atoms with E-state index in [0.717, 1.165) is 11.1 Å². The van der Waals surface area contributed by atoms with Gasteiger partial charge >= 0.3 is 0 Å². The van der Waals surface area contributed by atoms with Crippen molar-refractivity contribution in [2.45, 2.75) is 50.9 Å². The van der Waals surface area contributed by atoms with E-state index in [1.165, 1.54) is 12.5 Å². The van der Waals surface area contributed by atoms with Crippen LogP contribution in [0.5, 0.6) is 0 Å². The van der Waals surface area contributed by atoms with E-state index in [2.05, 4.69) is 41.0 Å². The van der Waals surface area contributed by atoms with Crippen molar-refractivity contribution in [1.82, 2.24) is 20.3 Å². The Bertz CT molecular complexity index is 1270. The van der Waals surface area contributed by atoms with Crippen molar-refractivity contribution in [2.75, 3.05) is 11.5 Å². The molecule has 1 amide bonds. The maximum atomic E-state index is 14.0. The molecule has 4 rings (SSSR count). The summed E-state index contributed by atoms with van der Waals surface area (Å²) in [5.41, 5.74) is 3.75. The molecule has 3 atom stereocenters. The monoisotopic (exact) mass is 513 g/mol. The highest BCUT2D eigenvalue weighted by molar-refractivity contribution is 5.87. The van der Waals surface area contributed by atoms with Crippen LogP contribution in [0.25, 0.3) is 0 Å². The Morgan fingerprint density at radius 2 is 1.74 bits per heavy atom. The molecular formula is C30H35N5O3. The number of rotatable bonds is 10. The lowest BCUT2D eigenvalue weighted by Gasteiger charge is -2.37. The van der Waals surface area contributed by atoms with Crippen LogP contribution in [-0.2, 0) is 16.6 Å². The fourth-order valence-corrected chi connectivity index (χ4v) is 4.44. The fourth-order valence-electron chi connectivity index (χ4n) is 4.44. The first-order chi connectivity index (χ1) is 18.3. The highest BCUT2D eigenvalue weighted by Gasteiger charge is 2.35. The summed E-state index contributed by atoms with van der Waals surface area (Å²) in [4.78, 5) is 26.9. The van der Waals surface area contributed by atoms with Crippen LogP contribution < -0.4 is 10.2 Å². The van der Waals surface area contributed by atoms with Gasteiger partial charge < -0.3 is 25.4 Å². The molecule has 0 aliphatic carbocycles. The van der Waals surface area contributed by atoms with Crippen molar-refractivity contribution in [3.8, 4) is 0 Å². The molecule has 0 saturated heterocycles. The molecule has 0 aliphatic rings. The molecule has 0 radical (unpaired) electrons. The lowest BCUT2D eigenvalue weighted by Crippen LogP contribution is -2.47. The van der Waals surface area contributed by atoms with Crippen molar-refractivity contribution in [1.29, 1.82) is 0 Å². The Labute approximate surface area is 223 Å². The number of nitrogens with zero attached hydrogens (tertiary/aromatic N) is 3. The number of anilines is 1. The van der Waals surface area contributed by atoms with E-state index in [9.17, 15) is 15.0 Å². The third-order valence-electron chi connectivity index (χ3n) is 6.51. The van der Waals surface area contributed by atoms with Crippen molar-refractivity contribution >= 4 is 11.6 Å². The molecule has 2 aromatic carbocycles. The van der Waals surface area contributed by atoms with Crippen LogP contribution in [0.2, 0.25) is 0 Å². The number of aliphatic hydroxyl groups is 2. The van der Waals surface area contributed by atoms with Crippen LogP contribution in [0.3, 0.4) is 0 Å². The quantitative estimate of drug-likeness (QED) is 0.238. The number of hydrogen-bond donors (Lipinski definition) is 4. The number of pyridine rings is 1. The van der Waals surface area contributed by atoms with E-state index < -0.39 is 18.3 Å². The van der Waals surface area contributed by atoms with Crippen LogP contribution >= 0.6 is 0 Å². The number of amides is 1. The molecule has 8 heteroatoms. The van der Waals surface area contributed by atoms with E-state index in [1.54, 1.807) is 29.4 Å². The minimum absolute atomic E-state index is 0.0583. The lowest BCUT2D eigenvalue weighted by atomic mass is 9.87. The van der Waals surface area contributed by atoms with Crippen molar-refractivity contribution in [3.05, 3.63) is 114 Å². The average Bonchev–Trinajstić information content (AvgIpc) is 3.47. The zero-order valence-electron chi connectivity index (χ0n) is 22.0. The van der Waals surface area contributed by atoms with Gasteiger partial charge in [-0.25, -0.2) is 4.98 Å². The normalized spacial score (nSPS) is 13.9. The highest BCUT2D eigenvalue weighted by atomic mass is 16.3. The van der Waals surface area contributed by atoms with E-state index in [4.69, 9.17) is 0 Å². The Balaban J connectivity index is 1.74. The van der Waals surface area contributed by atoms with Crippen LogP contribution in [0, 0.1) is 0 Å². The molecule has 38 heavy (non-hydrogen) atoms. The number of benzene rings is 2. The van der Waals surface area contributed by atoms with Gasteiger partial charge in [-0.2, -0.15) is 0 Å². The van der Waals surface area contributed by atoms with E-state index in [-0.39, 0.29) is 17.9 Å². The predicted molar refractivity (Wildman–Crippen MR) is 147 cm³/mol. The minimum atomic E-state index is -1.21. The van der Waals surface area contributed by atoms with Crippen molar-refractivity contribution in [2.24, 2.45) is 0 Å². The third-order valence-corrected chi connectivity index (χ3v) is 6.51. The summed E-state index contributed by atoms with van der Waals surface area (Å²) in [6, 6.07) is 19.6. The minimum Gasteiger partial charge on any atom is -0.394 e. The van der Waals surface area contributed by atoms with Crippen LogP contribution in [0.4, 0.5) is 5.69 Å². The average molecular weight is 514 g/mol. The Morgan fingerprint density at radius 3 is 2.32 bits per heavy atom. The lowest BCUT2D eigenvalue weighted by molar-refractivity contribution is -0.124. The van der Waals surface area contributed by atoms with Gasteiger partial charge in [0.15, 0.2) is 6.23 Å². The van der Waals surface area contributed by atoms with Crippen molar-refractivity contribution in [3.63, 3.8) is 0 Å². The summed E-state index contributed by atoms with van der Waals surface area (Å²) < 4.78 is 0. The van der Waals surface area contributed by atoms with E-state index in [1.807, 2.05) is 54.6 Å². The summed E-state index contributed by atoms with van der Waals surface area (Å²) in [5.74, 6) is -0.369. The topological polar surface area (TPSA) is 114 Å². The molecule has 2 unspecified atom stereocenters. The Kier molecular flexibility index (Phi) is 8.55. The molecule has 2 aromatic heterocycles. The van der Waals surface area contributed by atoms with Gasteiger partial charge in [-0.15, -0.1) is 0 Å². The van der Waals surface area contributed by atoms with Crippen LogP contribution in [0.15, 0.2) is 91.6 Å². The molecule has 0 fully saturated rings. The summed E-state index contributed by atoms with van der Waals surface area (Å²) in [7, 11) is 0. The number of nitrogens with one attached hydrogen (secondary N) is 2. The van der Waals surface area contributed by atoms with Gasteiger partial charge in [0, 0.05) is 23.6 Å². The second-order valence-electron chi connectivity index (χ2n) is 10.4. The van der Waals surface area contributed by atoms with E-state index in [0.29, 0.717) is 23.4 Å². The zero-order valence-corrected chi connectivity index (χ0v) is 22.0. The summed E-state index contributed by atoms with van der Waals surface area (Å²) in [6.45, 7) is 6.16. The molecule has 0 bridgehead atoms. The van der Waals surface area contributed by atoms with Gasteiger partial charge in [-0.3, -0.25) is 9.78 Å². The van der Waals surface area contributed by atoms with Crippen molar-refractivity contribution < 1.29 is 15.0 Å². The Morgan fingerprint density at radius 1 is 1.00 bits per heavy atom. The third kappa shape index (κ3) is 6.45. The Hall–Kier alpha value is -4.01. The number of carbonyl (C=O) groups excluding carboxylic acids is 1. The van der Waals surface area contributed by atoms with Gasteiger partial charge in [0.05, 0.1) is 30.9 Å². The summed E-state index contributed by atoms with van der Waals surface area (Å²) in [5, 5.41) is 24.7. The SMILES string of the molecule is CC(C)(C)c1ccc(N(C(O)c2cnc[nH]2)C(C(=O)N[C@@H](CO)Cc2ccccc2)c2cccnc2)cc1. The number of aliphatic hydroxyl groups excluding tert-OH is 2. The maximum absolute atomic E-state index is 14.0. The van der Waals surface area contributed by atoms with Gasteiger partial charge in [0.1, 0.15) is 6.04 Å². The zero-order chi connectivity index (χ0) is 27.1. The number of aromatic amines is 1. The van der Waals surface area contributed by atoms with Crippen LogP contribution in [0.1, 0.15) is 55.4 Å². The predicted octanol–water partition coefficient (Wildman–Crippen LogP) is 4.06. The number of H-pyrrole nitrogens is 1. The van der Waals surface area contributed by atoms with Crippen LogP contribution in [-0.4, -0.2) is 43.7 Å². The van der Waals surface area contributed by atoms with E-state index >= 15 is 0 Å². The van der Waals surface area contributed by atoms with Gasteiger partial charge in [-0.1, -0.05) is 69.3 Å². The molecule has 8 nitrogen and oxygen atoms in total. The highest BCUT2D eigenvalue weighted by Crippen LogP contribution is 2.35. The summed E-state index contributed by atoms with van der Waals surface area (Å²) >= 11 is 0. The standard InChI is InChI=1S/C30H35N5O3/c1-30(2,3)23-11-13-25(14-12-23)35(29(38)26-18-32-20-33-26)27(22-10-7-15-31-17-22)28(37)34-24(19-36)16-21-8-5-4-6-9-21/h4-15,17-18,20,24,27,29,36,38H,16,19H2,1-3H3,(H,32,33)(H,34,37)/t24-,27?,29?/m1/s1. The maximum Gasteiger partial charge on any atom is 0.247 e. The molecule has 198 valence electrons. The second-order valence-corrected chi connectivity index (χ2v) is 10.4. The molecule has 0 saturated carbocycles. The fraction of sp³-hybridized carbons (Fsp3) is 0.300. The first-order valence-corrected chi connectivity index (χ1v) is 12.7. The number of hydrogen-bond acceptors (Lipinski definition) is 6. The smallest absolute Gasteiger partial charge is 0.247 e. The molecule has 2 heterocycles. The number of aromatic nitrogens is 3. The number of imidazole rings is 1. The molecule has 4 N–H and O–H groups in total. The van der Waals surface area contributed by atoms with Gasteiger partial charge in [0.2, 0.25) is 5.91 Å². The first-order valence-electron chi connectivity index (χ1n) is 12.7.